The van der Waals surface area contributed by atoms with Gasteiger partial charge < -0.3 is 4.74 Å². The molecule has 0 spiro atoms. The zero-order valence-electron chi connectivity index (χ0n) is 19.2. The molecule has 33 heavy (non-hydrogen) atoms. The molecule has 2 amide bonds. The Bertz CT molecular complexity index is 1190. The summed E-state index contributed by atoms with van der Waals surface area (Å²) in [5.41, 5.74) is 4.07. The van der Waals surface area contributed by atoms with Crippen LogP contribution in [0.1, 0.15) is 46.0 Å². The van der Waals surface area contributed by atoms with E-state index >= 15 is 0 Å². The van der Waals surface area contributed by atoms with Gasteiger partial charge in [-0.25, -0.2) is 19.0 Å². The number of carbonyl (C=O) groups excluding carboxylic acids is 2. The average Bonchev–Trinajstić information content (AvgIpc) is 3.20. The molecule has 172 valence electrons. The predicted molar refractivity (Wildman–Crippen MR) is 123 cm³/mol. The molecule has 1 aromatic carbocycles. The van der Waals surface area contributed by atoms with E-state index in [2.05, 4.69) is 4.98 Å². The molecule has 0 saturated heterocycles. The van der Waals surface area contributed by atoms with Crippen molar-refractivity contribution < 1.29 is 18.7 Å². The monoisotopic (exact) mass is 450 g/mol. The fraction of sp³-hybridized carbons (Fsp3) is 0.360. The lowest BCUT2D eigenvalue weighted by Crippen LogP contribution is -2.39. The van der Waals surface area contributed by atoms with Gasteiger partial charge in [0.25, 0.3) is 0 Å². The maximum absolute atomic E-state index is 13.6. The summed E-state index contributed by atoms with van der Waals surface area (Å²) in [4.78, 5) is 31.0. The van der Waals surface area contributed by atoms with Crippen LogP contribution in [0.15, 0.2) is 42.6 Å². The first kappa shape index (κ1) is 22.8. The van der Waals surface area contributed by atoms with Crippen molar-refractivity contribution in [2.75, 3.05) is 11.5 Å². The number of benzene rings is 1. The third kappa shape index (κ3) is 4.30. The molecule has 1 atom stereocenters. The molecule has 3 aromatic rings. The number of nitrogens with zero attached hydrogens (tertiary/aromatic N) is 4. The van der Waals surface area contributed by atoms with E-state index in [1.54, 1.807) is 45.2 Å². The van der Waals surface area contributed by atoms with Crippen LogP contribution in [0.3, 0.4) is 0 Å². The van der Waals surface area contributed by atoms with Crippen LogP contribution in [0.2, 0.25) is 0 Å². The largest absolute Gasteiger partial charge is 0.356 e. The lowest BCUT2D eigenvalue weighted by atomic mass is 9.98. The fourth-order valence-electron chi connectivity index (χ4n) is 4.00. The fourth-order valence-corrected chi connectivity index (χ4v) is 4.00. The van der Waals surface area contributed by atoms with Crippen LogP contribution in [0, 0.1) is 11.7 Å². The highest BCUT2D eigenvalue weighted by molar-refractivity contribution is 6.14. The Labute approximate surface area is 192 Å². The first-order valence-corrected chi connectivity index (χ1v) is 11.1. The summed E-state index contributed by atoms with van der Waals surface area (Å²) in [6.45, 7) is 7.70. The minimum atomic E-state index is -0.359. The van der Waals surface area contributed by atoms with Gasteiger partial charge in [-0.2, -0.15) is 5.10 Å². The Kier molecular flexibility index (Phi) is 6.37. The molecule has 8 heteroatoms. The Hall–Kier alpha value is -3.39. The first-order valence-electron chi connectivity index (χ1n) is 11.1. The number of rotatable bonds is 5. The van der Waals surface area contributed by atoms with Crippen molar-refractivity contribution in [1.82, 2.24) is 14.8 Å². The Morgan fingerprint density at radius 1 is 1.21 bits per heavy atom. The smallest absolute Gasteiger partial charge is 0.237 e. The molecule has 7 nitrogen and oxygen atoms in total. The van der Waals surface area contributed by atoms with Gasteiger partial charge in [-0.1, -0.05) is 20.8 Å². The number of imide groups is 1. The zero-order valence-corrected chi connectivity index (χ0v) is 19.2. The van der Waals surface area contributed by atoms with Gasteiger partial charge >= 0.3 is 0 Å². The number of carbonyl (C=O) groups is 2. The van der Waals surface area contributed by atoms with E-state index in [1.165, 1.54) is 12.1 Å². The topological polar surface area (TPSA) is 77.3 Å². The van der Waals surface area contributed by atoms with Crippen LogP contribution >= 0.6 is 0 Å². The van der Waals surface area contributed by atoms with Gasteiger partial charge in [0, 0.05) is 36.1 Å². The Balaban J connectivity index is 1.90. The number of fused-ring (bicyclic) bond motifs is 1. The van der Waals surface area contributed by atoms with Crippen molar-refractivity contribution in [1.29, 1.82) is 0 Å². The second-order valence-electron chi connectivity index (χ2n) is 8.32. The number of halogens is 1. The van der Waals surface area contributed by atoms with Crippen LogP contribution in [0.25, 0.3) is 22.4 Å². The quantitative estimate of drug-likeness (QED) is 0.560. The molecule has 1 aliphatic rings. The van der Waals surface area contributed by atoms with Gasteiger partial charge in [0.15, 0.2) is 0 Å². The number of pyridine rings is 1. The lowest BCUT2D eigenvalue weighted by Gasteiger charge is -2.23. The maximum Gasteiger partial charge on any atom is 0.237 e. The molecule has 4 rings (SSSR count). The second kappa shape index (κ2) is 9.23. The predicted octanol–water partition coefficient (Wildman–Crippen LogP) is 4.77. The van der Waals surface area contributed by atoms with Crippen LogP contribution in [0.4, 0.5) is 10.2 Å². The first-order chi connectivity index (χ1) is 15.8. The number of ether oxygens (including phenoxy) is 1. The van der Waals surface area contributed by atoms with Crippen molar-refractivity contribution in [2.24, 2.45) is 5.92 Å². The average molecular weight is 451 g/mol. The van der Waals surface area contributed by atoms with Gasteiger partial charge in [-0.3, -0.25) is 9.59 Å². The van der Waals surface area contributed by atoms with E-state index in [1.807, 2.05) is 17.7 Å². The Morgan fingerprint density at radius 3 is 2.61 bits per heavy atom. The summed E-state index contributed by atoms with van der Waals surface area (Å²) in [5, 5.41) is 4.80. The molecule has 2 aromatic heterocycles. The van der Waals surface area contributed by atoms with Crippen LogP contribution < -0.4 is 4.90 Å². The van der Waals surface area contributed by atoms with Gasteiger partial charge in [0.2, 0.25) is 11.8 Å². The van der Waals surface area contributed by atoms with E-state index < -0.39 is 0 Å². The minimum absolute atomic E-state index is 0.184. The van der Waals surface area contributed by atoms with E-state index in [-0.39, 0.29) is 42.0 Å². The number of aromatic nitrogens is 3. The highest BCUT2D eigenvalue weighted by Gasteiger charge is 2.29. The SMILES string of the molecule is CCC(=O)N(C(=O)C(C)C)c1cc(-c2c(-c3ccc(F)cc3)nn3c2CCOC3C)ccn1. The van der Waals surface area contributed by atoms with E-state index in [9.17, 15) is 14.0 Å². The van der Waals surface area contributed by atoms with Crippen LogP contribution in [-0.4, -0.2) is 33.2 Å². The minimum Gasteiger partial charge on any atom is -0.356 e. The van der Waals surface area contributed by atoms with Crippen molar-refractivity contribution in [2.45, 2.75) is 46.8 Å². The molecule has 1 aliphatic heterocycles. The standard InChI is InChI=1S/C25H27FN4O3/c1-5-22(31)29(25(32)15(2)3)21-14-18(10-12-27-21)23-20-11-13-33-16(4)30(20)28-24(23)17-6-8-19(26)9-7-17/h6-10,12,14-16H,5,11,13H2,1-4H3. The van der Waals surface area contributed by atoms with Crippen LogP contribution in [-0.2, 0) is 20.7 Å². The summed E-state index contributed by atoms with van der Waals surface area (Å²) >= 11 is 0. The number of hydrogen-bond donors (Lipinski definition) is 0. The lowest BCUT2D eigenvalue weighted by molar-refractivity contribution is -0.128. The summed E-state index contributed by atoms with van der Waals surface area (Å²) in [5.74, 6) is -1.01. The molecule has 0 N–H and O–H groups in total. The van der Waals surface area contributed by atoms with Crippen molar-refractivity contribution in [3.8, 4) is 22.4 Å². The molecule has 0 radical (unpaired) electrons. The van der Waals surface area contributed by atoms with Crippen molar-refractivity contribution >= 4 is 17.6 Å². The maximum atomic E-state index is 13.6. The normalized spacial score (nSPS) is 15.4. The van der Waals surface area contributed by atoms with Crippen molar-refractivity contribution in [3.63, 3.8) is 0 Å². The number of hydrogen-bond acceptors (Lipinski definition) is 5. The van der Waals surface area contributed by atoms with Gasteiger partial charge in [-0.05, 0) is 48.9 Å². The summed E-state index contributed by atoms with van der Waals surface area (Å²) < 4.78 is 21.2. The highest BCUT2D eigenvalue weighted by atomic mass is 19.1. The summed E-state index contributed by atoms with van der Waals surface area (Å²) in [7, 11) is 0. The molecular formula is C25H27FN4O3. The molecule has 0 fully saturated rings. The van der Waals surface area contributed by atoms with E-state index in [0.29, 0.717) is 18.7 Å². The van der Waals surface area contributed by atoms with Gasteiger partial charge in [-0.15, -0.1) is 0 Å². The second-order valence-corrected chi connectivity index (χ2v) is 8.32. The molecule has 0 aliphatic carbocycles. The molecule has 0 saturated carbocycles. The molecule has 0 bridgehead atoms. The van der Waals surface area contributed by atoms with Crippen molar-refractivity contribution in [3.05, 3.63) is 54.1 Å². The summed E-state index contributed by atoms with van der Waals surface area (Å²) in [6, 6.07) is 9.77. The number of amides is 2. The highest BCUT2D eigenvalue weighted by Crippen LogP contribution is 2.38. The third-order valence-corrected chi connectivity index (χ3v) is 5.70. The molecule has 1 unspecified atom stereocenters. The Morgan fingerprint density at radius 2 is 1.94 bits per heavy atom. The van der Waals surface area contributed by atoms with Crippen LogP contribution in [0.5, 0.6) is 0 Å². The number of anilines is 1. The van der Waals surface area contributed by atoms with Gasteiger partial charge in [0.05, 0.1) is 12.3 Å². The van der Waals surface area contributed by atoms with Gasteiger partial charge in [0.1, 0.15) is 23.6 Å². The molecule has 3 heterocycles. The summed E-state index contributed by atoms with van der Waals surface area (Å²) in [6.07, 6.45) is 2.18. The zero-order chi connectivity index (χ0) is 23.7. The van der Waals surface area contributed by atoms with E-state index in [4.69, 9.17) is 9.84 Å². The molecular weight excluding hydrogens is 423 g/mol. The third-order valence-electron chi connectivity index (χ3n) is 5.70. The van der Waals surface area contributed by atoms with E-state index in [0.717, 1.165) is 27.3 Å².